The van der Waals surface area contributed by atoms with Crippen LogP contribution in [0.1, 0.15) is 56.8 Å². The van der Waals surface area contributed by atoms with Gasteiger partial charge in [0.05, 0.1) is 0 Å². The number of carbonyl (C=O) groups is 2. The molecule has 172 valence electrons. The average Bonchev–Trinajstić information content (AvgIpc) is 3.18. The van der Waals surface area contributed by atoms with Gasteiger partial charge >= 0.3 is 5.69 Å². The number of rotatable bonds is 8. The molecule has 32 heavy (non-hydrogen) atoms. The number of amides is 2. The van der Waals surface area contributed by atoms with Crippen molar-refractivity contribution in [1.82, 2.24) is 9.55 Å². The van der Waals surface area contributed by atoms with E-state index in [4.69, 9.17) is 5.73 Å². The van der Waals surface area contributed by atoms with Gasteiger partial charge in [0.15, 0.2) is 5.69 Å². The number of aromatic nitrogens is 2. The fraction of sp³-hybridized carbons (Fsp3) is 0.478. The fourth-order valence-corrected chi connectivity index (χ4v) is 3.88. The molecule has 0 spiro atoms. The van der Waals surface area contributed by atoms with E-state index in [1.807, 2.05) is 20.8 Å². The summed E-state index contributed by atoms with van der Waals surface area (Å²) in [7, 11) is 0. The second-order valence-electron chi connectivity index (χ2n) is 8.50. The third kappa shape index (κ3) is 4.76. The summed E-state index contributed by atoms with van der Waals surface area (Å²) in [6.45, 7) is 7.12. The van der Waals surface area contributed by atoms with Gasteiger partial charge < -0.3 is 15.5 Å². The smallest absolute Gasteiger partial charge is 0.330 e. The first kappa shape index (κ1) is 23.3. The Bertz CT molecular complexity index is 1100. The summed E-state index contributed by atoms with van der Waals surface area (Å²) in [6, 6.07) is 6.77. The van der Waals surface area contributed by atoms with Gasteiger partial charge in [0.1, 0.15) is 5.82 Å². The topological polar surface area (TPSA) is 121 Å². The minimum Gasteiger partial charge on any atom is -0.383 e. The predicted molar refractivity (Wildman–Crippen MR) is 125 cm³/mol. The Hall–Kier alpha value is -3.36. The van der Waals surface area contributed by atoms with E-state index in [1.54, 1.807) is 29.2 Å². The van der Waals surface area contributed by atoms with Crippen molar-refractivity contribution in [2.45, 2.75) is 53.0 Å². The van der Waals surface area contributed by atoms with Crippen LogP contribution in [0.3, 0.4) is 0 Å². The van der Waals surface area contributed by atoms with Crippen LogP contribution in [-0.2, 0) is 11.3 Å². The zero-order valence-corrected chi connectivity index (χ0v) is 18.9. The molecule has 1 aliphatic heterocycles. The number of carbonyl (C=O) groups excluding carboxylic acids is 2. The van der Waals surface area contributed by atoms with E-state index in [9.17, 15) is 19.2 Å². The number of unbranched alkanes of at least 4 members (excludes halogenated alkanes) is 1. The van der Waals surface area contributed by atoms with E-state index >= 15 is 0 Å². The fourth-order valence-electron chi connectivity index (χ4n) is 3.88. The van der Waals surface area contributed by atoms with E-state index in [0.29, 0.717) is 31.5 Å². The lowest BCUT2D eigenvalue weighted by Gasteiger charge is -2.26. The van der Waals surface area contributed by atoms with Crippen molar-refractivity contribution >= 4 is 29.0 Å². The summed E-state index contributed by atoms with van der Waals surface area (Å²) in [6.07, 6.45) is 2.90. The minimum absolute atomic E-state index is 0.0134. The van der Waals surface area contributed by atoms with Crippen LogP contribution in [0, 0.1) is 5.92 Å². The van der Waals surface area contributed by atoms with Crippen LogP contribution < -0.4 is 26.8 Å². The number of anilines is 3. The summed E-state index contributed by atoms with van der Waals surface area (Å²) in [5.74, 6) is -0.286. The highest BCUT2D eigenvalue weighted by molar-refractivity contribution is 6.07. The molecule has 0 radical (unpaired) electrons. The molecule has 0 bridgehead atoms. The Kier molecular flexibility index (Phi) is 7.17. The predicted octanol–water partition coefficient (Wildman–Crippen LogP) is 2.35. The largest absolute Gasteiger partial charge is 0.383 e. The van der Waals surface area contributed by atoms with Crippen molar-refractivity contribution in [3.63, 3.8) is 0 Å². The molecular formula is C23H31N5O4. The second kappa shape index (κ2) is 9.84. The molecule has 1 saturated heterocycles. The van der Waals surface area contributed by atoms with Crippen molar-refractivity contribution in [2.75, 3.05) is 28.6 Å². The molecule has 0 aliphatic carbocycles. The molecule has 9 heteroatoms. The molecule has 9 nitrogen and oxygen atoms in total. The van der Waals surface area contributed by atoms with Crippen molar-refractivity contribution in [3.05, 3.63) is 50.7 Å². The Balaban J connectivity index is 2.00. The molecule has 1 aromatic carbocycles. The molecule has 1 aliphatic rings. The van der Waals surface area contributed by atoms with E-state index in [2.05, 4.69) is 4.98 Å². The molecule has 2 amide bonds. The first-order chi connectivity index (χ1) is 15.2. The molecule has 0 atom stereocenters. The molecule has 1 fully saturated rings. The first-order valence-electron chi connectivity index (χ1n) is 11.1. The van der Waals surface area contributed by atoms with Gasteiger partial charge in [-0.1, -0.05) is 27.2 Å². The highest BCUT2D eigenvalue weighted by atomic mass is 16.2. The number of nitrogens with zero attached hydrogens (tertiary/aromatic N) is 3. The molecule has 2 aromatic rings. The summed E-state index contributed by atoms with van der Waals surface area (Å²) in [5.41, 5.74) is 6.07. The van der Waals surface area contributed by atoms with Crippen molar-refractivity contribution in [3.8, 4) is 0 Å². The number of H-pyrrole nitrogens is 1. The van der Waals surface area contributed by atoms with Gasteiger partial charge in [-0.3, -0.25) is 23.9 Å². The molecular weight excluding hydrogens is 410 g/mol. The molecule has 0 unspecified atom stereocenters. The van der Waals surface area contributed by atoms with Crippen LogP contribution in [-0.4, -0.2) is 34.5 Å². The van der Waals surface area contributed by atoms with Gasteiger partial charge in [0.2, 0.25) is 5.91 Å². The lowest BCUT2D eigenvalue weighted by Crippen LogP contribution is -2.42. The molecule has 1 aromatic heterocycles. The maximum atomic E-state index is 13.4. The Morgan fingerprint density at radius 1 is 1.19 bits per heavy atom. The summed E-state index contributed by atoms with van der Waals surface area (Å²) < 4.78 is 1.31. The standard InChI is InChI=1S/C23H31N5O4/c1-4-5-12-27-20(24)19(21(30)25-23(27)32)28(14-15(2)3)22(31)16-8-10-17(11-9-16)26-13-6-7-18(26)29/h8-11,15H,4-7,12-14,24H2,1-3H3,(H,25,30,32). The lowest BCUT2D eigenvalue weighted by atomic mass is 10.1. The summed E-state index contributed by atoms with van der Waals surface area (Å²) in [4.78, 5) is 55.8. The van der Waals surface area contributed by atoms with Crippen LogP contribution in [0.2, 0.25) is 0 Å². The third-order valence-corrected chi connectivity index (χ3v) is 5.51. The van der Waals surface area contributed by atoms with Gasteiger partial charge in [-0.25, -0.2) is 4.79 Å². The second-order valence-corrected chi connectivity index (χ2v) is 8.50. The highest BCUT2D eigenvalue weighted by Crippen LogP contribution is 2.24. The van der Waals surface area contributed by atoms with Crippen LogP contribution in [0.25, 0.3) is 0 Å². The Morgan fingerprint density at radius 2 is 1.88 bits per heavy atom. The van der Waals surface area contributed by atoms with Crippen LogP contribution in [0.15, 0.2) is 33.9 Å². The van der Waals surface area contributed by atoms with Gasteiger partial charge in [0, 0.05) is 37.3 Å². The van der Waals surface area contributed by atoms with Gasteiger partial charge in [-0.2, -0.15) is 0 Å². The number of nitrogens with one attached hydrogen (secondary N) is 1. The quantitative estimate of drug-likeness (QED) is 0.651. The monoisotopic (exact) mass is 441 g/mol. The zero-order valence-electron chi connectivity index (χ0n) is 18.9. The third-order valence-electron chi connectivity index (χ3n) is 5.51. The number of hydrogen-bond donors (Lipinski definition) is 2. The minimum atomic E-state index is -0.687. The number of benzene rings is 1. The van der Waals surface area contributed by atoms with Crippen LogP contribution >= 0.6 is 0 Å². The number of nitrogen functional groups attached to an aromatic ring is 1. The normalized spacial score (nSPS) is 13.8. The maximum absolute atomic E-state index is 13.4. The maximum Gasteiger partial charge on any atom is 0.330 e. The lowest BCUT2D eigenvalue weighted by molar-refractivity contribution is -0.117. The molecule has 3 rings (SSSR count). The van der Waals surface area contributed by atoms with E-state index in [-0.39, 0.29) is 29.9 Å². The van der Waals surface area contributed by atoms with Crippen LogP contribution in [0.4, 0.5) is 17.2 Å². The first-order valence-corrected chi connectivity index (χ1v) is 11.1. The number of nitrogens with two attached hydrogens (primary N) is 1. The number of aromatic amines is 1. The summed E-state index contributed by atoms with van der Waals surface area (Å²) in [5, 5.41) is 0. The van der Waals surface area contributed by atoms with E-state index < -0.39 is 17.2 Å². The summed E-state index contributed by atoms with van der Waals surface area (Å²) >= 11 is 0. The van der Waals surface area contributed by atoms with Gasteiger partial charge in [0.25, 0.3) is 11.5 Å². The number of hydrogen-bond acceptors (Lipinski definition) is 5. The van der Waals surface area contributed by atoms with Crippen LogP contribution in [0.5, 0.6) is 0 Å². The average molecular weight is 442 g/mol. The van der Waals surface area contributed by atoms with Crippen molar-refractivity contribution in [1.29, 1.82) is 0 Å². The SMILES string of the molecule is CCCCn1c(N)c(N(CC(C)C)C(=O)c2ccc(N3CCCC3=O)cc2)c(=O)[nH]c1=O. The molecule has 0 saturated carbocycles. The molecule has 2 heterocycles. The van der Waals surface area contributed by atoms with Crippen molar-refractivity contribution in [2.24, 2.45) is 5.92 Å². The highest BCUT2D eigenvalue weighted by Gasteiger charge is 2.27. The van der Waals surface area contributed by atoms with Crippen molar-refractivity contribution < 1.29 is 9.59 Å². The Labute approximate surface area is 186 Å². The Morgan fingerprint density at radius 3 is 2.44 bits per heavy atom. The van der Waals surface area contributed by atoms with Gasteiger partial charge in [-0.05, 0) is 43.0 Å². The molecule has 3 N–H and O–H groups in total. The zero-order chi connectivity index (χ0) is 23.4. The van der Waals surface area contributed by atoms with E-state index in [0.717, 1.165) is 18.5 Å². The van der Waals surface area contributed by atoms with E-state index in [1.165, 1.54) is 9.47 Å². The van der Waals surface area contributed by atoms with Gasteiger partial charge in [-0.15, -0.1) is 0 Å².